The Balaban J connectivity index is 1.11. The van der Waals surface area contributed by atoms with Gasteiger partial charge in [-0.05, 0) is 62.1 Å². The maximum Gasteiger partial charge on any atom is 0.238 e. The zero-order valence-electron chi connectivity index (χ0n) is 23.6. The van der Waals surface area contributed by atoms with Gasteiger partial charge < -0.3 is 20.1 Å². The van der Waals surface area contributed by atoms with E-state index >= 15 is 0 Å². The van der Waals surface area contributed by atoms with Crippen molar-refractivity contribution in [3.05, 3.63) is 75.1 Å². The van der Waals surface area contributed by atoms with Crippen LogP contribution >= 0.6 is 27.5 Å². The fraction of sp³-hybridized carbons (Fsp3) is 0.387. The molecule has 232 valence electrons. The summed E-state index contributed by atoms with van der Waals surface area (Å²) in [7, 11) is 0. The lowest BCUT2D eigenvalue weighted by molar-refractivity contribution is -0.117. The largest absolute Gasteiger partial charge is 0.484 e. The summed E-state index contributed by atoms with van der Waals surface area (Å²) in [4.78, 5) is 19.1. The number of nitrogens with one attached hydrogen (secondary N) is 2. The van der Waals surface area contributed by atoms with Gasteiger partial charge in [0.2, 0.25) is 11.8 Å². The first-order valence-electron chi connectivity index (χ1n) is 14.1. The molecule has 2 heterocycles. The van der Waals surface area contributed by atoms with Gasteiger partial charge in [0, 0.05) is 47.0 Å². The highest BCUT2D eigenvalue weighted by Gasteiger charge is 2.42. The number of benzene rings is 2. The Morgan fingerprint density at radius 1 is 1.11 bits per heavy atom. The molecule has 44 heavy (non-hydrogen) atoms. The molecule has 1 aliphatic carbocycles. The van der Waals surface area contributed by atoms with Crippen LogP contribution in [-0.4, -0.2) is 48.1 Å². The maximum atomic E-state index is 14.9. The normalized spacial score (nSPS) is 16.2. The van der Waals surface area contributed by atoms with E-state index in [1.807, 2.05) is 4.90 Å². The van der Waals surface area contributed by atoms with Crippen molar-refractivity contribution in [3.63, 3.8) is 0 Å². The zero-order chi connectivity index (χ0) is 31.3. The first-order valence-corrected chi connectivity index (χ1v) is 15.3. The van der Waals surface area contributed by atoms with Crippen LogP contribution in [0.15, 0.2) is 46.9 Å². The Morgan fingerprint density at radius 2 is 1.89 bits per heavy atom. The molecule has 2 fully saturated rings. The number of pyridine rings is 1. The molecule has 8 nitrogen and oxygen atoms in total. The predicted molar refractivity (Wildman–Crippen MR) is 163 cm³/mol. The number of amides is 1. The standard InChI is InChI=1S/C31H30BrClF3N5O3/c32-19-13-24(36)30(25(14-19)38-18-31(7-8-31)9-10-37)40-28(42)16-41-11-5-21(6-12-41)44-29-4-2-22(34)26(39-29)17-43-27-3-1-20(33)15-23(27)35/h1-4,13-15,21,38H,5-9,11-12,16-18H2,(H,40,42). The molecule has 1 amide bonds. The van der Waals surface area contributed by atoms with Gasteiger partial charge in [0.05, 0.1) is 18.3 Å². The zero-order valence-corrected chi connectivity index (χ0v) is 26.0. The van der Waals surface area contributed by atoms with Crippen LogP contribution in [0.1, 0.15) is 37.8 Å². The van der Waals surface area contributed by atoms with Crippen LogP contribution in [-0.2, 0) is 11.4 Å². The molecule has 1 aromatic heterocycles. The third-order valence-electron chi connectivity index (χ3n) is 7.73. The fourth-order valence-corrected chi connectivity index (χ4v) is 5.58. The second-order valence-electron chi connectivity index (χ2n) is 11.1. The van der Waals surface area contributed by atoms with Crippen LogP contribution in [0.3, 0.4) is 0 Å². The van der Waals surface area contributed by atoms with Gasteiger partial charge in [-0.3, -0.25) is 9.69 Å². The Hall–Kier alpha value is -3.53. The molecule has 13 heteroatoms. The van der Waals surface area contributed by atoms with Gasteiger partial charge in [-0.25, -0.2) is 18.2 Å². The van der Waals surface area contributed by atoms with Crippen LogP contribution in [0.5, 0.6) is 11.6 Å². The first-order chi connectivity index (χ1) is 21.1. The van der Waals surface area contributed by atoms with Gasteiger partial charge in [0.15, 0.2) is 11.6 Å². The molecule has 2 aromatic carbocycles. The summed E-state index contributed by atoms with van der Waals surface area (Å²) in [5, 5.41) is 15.2. The van der Waals surface area contributed by atoms with E-state index in [4.69, 9.17) is 26.3 Å². The van der Waals surface area contributed by atoms with E-state index in [-0.39, 0.29) is 58.6 Å². The number of rotatable bonds is 12. The van der Waals surface area contributed by atoms with E-state index in [0.717, 1.165) is 18.9 Å². The molecular formula is C31H30BrClF3N5O3. The first kappa shape index (κ1) is 31.9. The summed E-state index contributed by atoms with van der Waals surface area (Å²) in [5.74, 6) is -2.05. The Morgan fingerprint density at radius 3 is 2.59 bits per heavy atom. The number of carbonyl (C=O) groups excluding carboxylic acids is 1. The third kappa shape index (κ3) is 8.34. The number of halogens is 5. The number of ether oxygens (including phenoxy) is 2. The minimum absolute atomic E-state index is 0.0302. The van der Waals surface area contributed by atoms with Crippen molar-refractivity contribution >= 4 is 44.8 Å². The molecule has 5 rings (SSSR count). The fourth-order valence-electron chi connectivity index (χ4n) is 4.99. The number of nitrogens with zero attached hydrogens (tertiary/aromatic N) is 3. The lowest BCUT2D eigenvalue weighted by atomic mass is 10.0. The molecule has 2 aliphatic rings. The molecule has 0 bridgehead atoms. The highest BCUT2D eigenvalue weighted by molar-refractivity contribution is 9.10. The molecule has 0 spiro atoms. The van der Waals surface area contributed by atoms with E-state index in [0.29, 0.717) is 49.1 Å². The molecule has 2 N–H and O–H groups in total. The van der Waals surface area contributed by atoms with Crippen molar-refractivity contribution < 1.29 is 27.4 Å². The van der Waals surface area contributed by atoms with Crippen LogP contribution in [0.4, 0.5) is 24.5 Å². The highest BCUT2D eigenvalue weighted by Crippen LogP contribution is 2.48. The van der Waals surface area contributed by atoms with Crippen molar-refractivity contribution in [1.82, 2.24) is 9.88 Å². The number of aromatic nitrogens is 1. The number of hydrogen-bond acceptors (Lipinski definition) is 7. The van der Waals surface area contributed by atoms with Crippen molar-refractivity contribution in [2.75, 3.05) is 36.8 Å². The van der Waals surface area contributed by atoms with E-state index < -0.39 is 17.5 Å². The molecule has 0 atom stereocenters. The minimum atomic E-state index is -0.664. The summed E-state index contributed by atoms with van der Waals surface area (Å²) in [6.45, 7) is 1.39. The van der Waals surface area contributed by atoms with Crippen molar-refractivity contribution in [3.8, 4) is 17.7 Å². The molecule has 3 aromatic rings. The third-order valence-corrected chi connectivity index (χ3v) is 8.42. The van der Waals surface area contributed by atoms with Crippen molar-refractivity contribution in [2.45, 2.75) is 44.8 Å². The number of piperidine rings is 1. The average molecular weight is 693 g/mol. The van der Waals surface area contributed by atoms with Gasteiger partial charge in [0.1, 0.15) is 35.7 Å². The van der Waals surface area contributed by atoms with Gasteiger partial charge in [-0.15, -0.1) is 0 Å². The number of anilines is 2. The second-order valence-corrected chi connectivity index (χ2v) is 12.4. The van der Waals surface area contributed by atoms with E-state index in [2.05, 4.69) is 37.6 Å². The Labute approximate surface area is 266 Å². The van der Waals surface area contributed by atoms with Crippen LogP contribution in [0.2, 0.25) is 5.02 Å². The molecule has 1 saturated carbocycles. The molecule has 0 unspecified atom stereocenters. The topological polar surface area (TPSA) is 99.5 Å². The van der Waals surface area contributed by atoms with Gasteiger partial charge in [-0.2, -0.15) is 5.26 Å². The quantitative estimate of drug-likeness (QED) is 0.209. The second kappa shape index (κ2) is 14.1. The number of likely N-dealkylation sites (tertiary alicyclic amines) is 1. The van der Waals surface area contributed by atoms with Gasteiger partial charge in [0.25, 0.3) is 0 Å². The van der Waals surface area contributed by atoms with Crippen molar-refractivity contribution in [2.24, 2.45) is 5.41 Å². The Bertz CT molecular complexity index is 1560. The lowest BCUT2D eigenvalue weighted by Crippen LogP contribution is -2.42. The number of hydrogen-bond donors (Lipinski definition) is 2. The van der Waals surface area contributed by atoms with Crippen LogP contribution < -0.4 is 20.1 Å². The minimum Gasteiger partial charge on any atom is -0.484 e. The maximum absolute atomic E-state index is 14.9. The van der Waals surface area contributed by atoms with Crippen LogP contribution in [0, 0.1) is 34.2 Å². The highest BCUT2D eigenvalue weighted by atomic mass is 79.9. The summed E-state index contributed by atoms with van der Waals surface area (Å²) in [6, 6.07) is 11.8. The van der Waals surface area contributed by atoms with Crippen molar-refractivity contribution in [1.29, 1.82) is 5.26 Å². The molecule has 1 saturated heterocycles. The van der Waals surface area contributed by atoms with E-state index in [1.165, 1.54) is 30.3 Å². The average Bonchev–Trinajstić information content (AvgIpc) is 3.75. The van der Waals surface area contributed by atoms with E-state index in [1.54, 1.807) is 6.07 Å². The smallest absolute Gasteiger partial charge is 0.238 e. The molecular weight excluding hydrogens is 663 g/mol. The summed E-state index contributed by atoms with van der Waals surface area (Å²) in [5.41, 5.74) is 0.399. The summed E-state index contributed by atoms with van der Waals surface area (Å²) >= 11 is 9.06. The summed E-state index contributed by atoms with van der Waals surface area (Å²) in [6.07, 6.45) is 3.27. The molecule has 0 radical (unpaired) electrons. The van der Waals surface area contributed by atoms with Gasteiger partial charge >= 0.3 is 0 Å². The van der Waals surface area contributed by atoms with E-state index in [9.17, 15) is 18.0 Å². The number of nitriles is 1. The monoisotopic (exact) mass is 691 g/mol. The van der Waals surface area contributed by atoms with Crippen LogP contribution in [0.25, 0.3) is 0 Å². The number of carbonyl (C=O) groups is 1. The lowest BCUT2D eigenvalue weighted by Gasteiger charge is -2.31. The SMILES string of the molecule is N#CCC1(CNc2cc(Br)cc(F)c2NC(=O)CN2CCC(Oc3ccc(F)c(COc4ccc(Cl)cc4F)n3)CC2)CC1. The molecule has 1 aliphatic heterocycles. The Kier molecular flexibility index (Phi) is 10.2. The summed E-state index contributed by atoms with van der Waals surface area (Å²) < 4.78 is 55.1. The predicted octanol–water partition coefficient (Wildman–Crippen LogP) is 7.08. The van der Waals surface area contributed by atoms with Gasteiger partial charge in [-0.1, -0.05) is 27.5 Å².